The molecular weight excluding hydrogens is 473 g/mol. The molecule has 0 bridgehead atoms. The number of carboxylic acid groups (broad SMARTS) is 2. The zero-order chi connectivity index (χ0) is 22.0. The maximum Gasteiger partial charge on any atom is 0.326 e. The summed E-state index contributed by atoms with van der Waals surface area (Å²) >= 11 is 18.4. The van der Waals surface area contributed by atoms with E-state index in [1.165, 1.54) is 6.08 Å². The standard InChI is InChI=1S/C19H13Cl2NO6S2/c20-10-2-1-3-11(21)16(10)13-6-4-9(28-13)8-14-17(25)22(19(29)30-14)12(18(26)27)5-7-15(23)24/h1-4,6,8,12H,5,7H2,(H,23,24)(H,26,27)/b14-8-/t12-/m1/s1. The molecule has 1 saturated heterocycles. The second-order valence-electron chi connectivity index (χ2n) is 6.14. The normalized spacial score (nSPS) is 16.3. The van der Waals surface area contributed by atoms with Gasteiger partial charge in [-0.15, -0.1) is 0 Å². The van der Waals surface area contributed by atoms with Gasteiger partial charge in [0.1, 0.15) is 21.9 Å². The van der Waals surface area contributed by atoms with Gasteiger partial charge in [0.15, 0.2) is 0 Å². The van der Waals surface area contributed by atoms with Crippen LogP contribution in [0.15, 0.2) is 39.7 Å². The van der Waals surface area contributed by atoms with Crippen LogP contribution in [0.25, 0.3) is 17.4 Å². The van der Waals surface area contributed by atoms with Crippen molar-refractivity contribution in [2.45, 2.75) is 18.9 Å². The maximum atomic E-state index is 12.8. The number of carbonyl (C=O) groups excluding carboxylic acids is 1. The Morgan fingerprint density at radius 1 is 1.20 bits per heavy atom. The minimum atomic E-state index is -1.37. The minimum absolute atomic E-state index is 0.0324. The molecule has 156 valence electrons. The zero-order valence-corrected chi connectivity index (χ0v) is 18.1. The van der Waals surface area contributed by atoms with E-state index < -0.39 is 30.3 Å². The Bertz CT molecular complexity index is 1060. The molecule has 30 heavy (non-hydrogen) atoms. The summed E-state index contributed by atoms with van der Waals surface area (Å²) in [5.74, 6) is -2.40. The van der Waals surface area contributed by atoms with Gasteiger partial charge in [0, 0.05) is 12.5 Å². The number of aliphatic carboxylic acids is 2. The SMILES string of the molecule is O=C(O)CC[C@H](C(=O)O)N1C(=O)/C(=C/c2ccc(-c3c(Cl)cccc3Cl)o2)SC1=S. The number of amides is 1. The van der Waals surface area contributed by atoms with Gasteiger partial charge >= 0.3 is 11.9 Å². The first kappa shape index (κ1) is 22.4. The second kappa shape index (κ2) is 9.22. The predicted octanol–water partition coefficient (Wildman–Crippen LogP) is 4.77. The van der Waals surface area contributed by atoms with E-state index in [1.807, 2.05) is 0 Å². The van der Waals surface area contributed by atoms with Crippen LogP contribution in [0, 0.1) is 0 Å². The molecule has 1 aliphatic rings. The Kier molecular flexibility index (Phi) is 6.87. The molecular formula is C19H13Cl2NO6S2. The highest BCUT2D eigenvalue weighted by Crippen LogP contribution is 2.38. The van der Waals surface area contributed by atoms with Crippen LogP contribution < -0.4 is 0 Å². The van der Waals surface area contributed by atoms with Crippen LogP contribution in [-0.4, -0.2) is 43.3 Å². The van der Waals surface area contributed by atoms with Crippen LogP contribution in [0.4, 0.5) is 0 Å². The lowest BCUT2D eigenvalue weighted by molar-refractivity contribution is -0.146. The molecule has 0 aliphatic carbocycles. The molecule has 7 nitrogen and oxygen atoms in total. The van der Waals surface area contributed by atoms with Gasteiger partial charge in [0.25, 0.3) is 5.91 Å². The van der Waals surface area contributed by atoms with Crippen LogP contribution >= 0.6 is 47.2 Å². The third-order valence-electron chi connectivity index (χ3n) is 4.16. The highest BCUT2D eigenvalue weighted by atomic mass is 35.5. The second-order valence-corrected chi connectivity index (χ2v) is 8.63. The number of hydrogen-bond donors (Lipinski definition) is 2. The van der Waals surface area contributed by atoms with Crippen LogP contribution in [-0.2, 0) is 14.4 Å². The average molecular weight is 486 g/mol. The van der Waals surface area contributed by atoms with E-state index in [-0.39, 0.29) is 15.6 Å². The topological polar surface area (TPSA) is 108 Å². The molecule has 11 heteroatoms. The first-order valence-corrected chi connectivity index (χ1v) is 10.4. The first-order valence-electron chi connectivity index (χ1n) is 8.45. The number of benzene rings is 1. The van der Waals surface area contributed by atoms with Gasteiger partial charge in [-0.25, -0.2) is 4.79 Å². The number of furan rings is 1. The number of carboxylic acids is 2. The number of thiocarbonyl (C=S) groups is 1. The van der Waals surface area contributed by atoms with Crippen molar-refractivity contribution >= 4 is 75.4 Å². The fraction of sp³-hybridized carbons (Fsp3) is 0.158. The van der Waals surface area contributed by atoms with Crippen molar-refractivity contribution in [3.63, 3.8) is 0 Å². The van der Waals surface area contributed by atoms with Crippen molar-refractivity contribution < 1.29 is 29.0 Å². The Morgan fingerprint density at radius 2 is 1.87 bits per heavy atom. The summed E-state index contributed by atoms with van der Waals surface area (Å²) in [6.45, 7) is 0. The van der Waals surface area contributed by atoms with Gasteiger partial charge < -0.3 is 14.6 Å². The Morgan fingerprint density at radius 3 is 2.47 bits per heavy atom. The average Bonchev–Trinajstić information content (AvgIpc) is 3.21. The molecule has 0 saturated carbocycles. The number of rotatable bonds is 7. The first-order chi connectivity index (χ1) is 14.2. The van der Waals surface area contributed by atoms with Crippen molar-refractivity contribution in [1.29, 1.82) is 0 Å². The molecule has 0 spiro atoms. The molecule has 2 aromatic rings. The number of halogens is 2. The van der Waals surface area contributed by atoms with E-state index in [0.717, 1.165) is 16.7 Å². The highest BCUT2D eigenvalue weighted by molar-refractivity contribution is 8.26. The molecule has 1 aliphatic heterocycles. The molecule has 1 fully saturated rings. The largest absolute Gasteiger partial charge is 0.481 e. The molecule has 3 rings (SSSR count). The van der Waals surface area contributed by atoms with Gasteiger partial charge in [-0.1, -0.05) is 53.2 Å². The van der Waals surface area contributed by atoms with Gasteiger partial charge in [-0.2, -0.15) is 0 Å². The molecule has 1 aromatic heterocycles. The van der Waals surface area contributed by atoms with Crippen LogP contribution in [0.1, 0.15) is 18.6 Å². The summed E-state index contributed by atoms with van der Waals surface area (Å²) in [7, 11) is 0. The molecule has 2 N–H and O–H groups in total. The summed E-state index contributed by atoms with van der Waals surface area (Å²) in [6.07, 6.45) is 0.761. The summed E-state index contributed by atoms with van der Waals surface area (Å²) in [5.41, 5.74) is 0.507. The number of carbonyl (C=O) groups is 3. The van der Waals surface area contributed by atoms with Gasteiger partial charge in [0.05, 0.1) is 20.5 Å². The smallest absolute Gasteiger partial charge is 0.326 e. The Balaban J connectivity index is 1.86. The van der Waals surface area contributed by atoms with E-state index in [1.54, 1.807) is 30.3 Å². The lowest BCUT2D eigenvalue weighted by Gasteiger charge is -2.22. The van der Waals surface area contributed by atoms with Crippen molar-refractivity contribution in [1.82, 2.24) is 4.90 Å². The zero-order valence-electron chi connectivity index (χ0n) is 15.0. The molecule has 2 heterocycles. The van der Waals surface area contributed by atoms with Gasteiger partial charge in [0.2, 0.25) is 0 Å². The lowest BCUT2D eigenvalue weighted by atomic mass is 10.1. The minimum Gasteiger partial charge on any atom is -0.481 e. The number of thioether (sulfide) groups is 1. The molecule has 0 radical (unpaired) electrons. The molecule has 1 aromatic carbocycles. The maximum absolute atomic E-state index is 12.8. The van der Waals surface area contributed by atoms with E-state index in [0.29, 0.717) is 27.1 Å². The van der Waals surface area contributed by atoms with Gasteiger partial charge in [-0.05, 0) is 30.7 Å². The van der Waals surface area contributed by atoms with E-state index in [4.69, 9.17) is 44.9 Å². The summed E-state index contributed by atoms with van der Waals surface area (Å²) < 4.78 is 5.76. The lowest BCUT2D eigenvalue weighted by Crippen LogP contribution is -2.44. The fourth-order valence-corrected chi connectivity index (χ4v) is 4.72. The van der Waals surface area contributed by atoms with Crippen molar-refractivity contribution in [3.05, 3.63) is 51.0 Å². The summed E-state index contributed by atoms with van der Waals surface area (Å²) in [6, 6.07) is 6.92. The van der Waals surface area contributed by atoms with Crippen LogP contribution in [0.5, 0.6) is 0 Å². The van der Waals surface area contributed by atoms with Crippen LogP contribution in [0.2, 0.25) is 10.0 Å². The van der Waals surface area contributed by atoms with Gasteiger partial charge in [-0.3, -0.25) is 14.5 Å². The Hall–Kier alpha value is -2.33. The molecule has 0 unspecified atom stereocenters. The van der Waals surface area contributed by atoms with Crippen molar-refractivity contribution in [2.24, 2.45) is 0 Å². The van der Waals surface area contributed by atoms with Crippen molar-refractivity contribution in [2.75, 3.05) is 0 Å². The fourth-order valence-electron chi connectivity index (χ4n) is 2.80. The predicted molar refractivity (Wildman–Crippen MR) is 117 cm³/mol. The molecule has 1 atom stereocenters. The summed E-state index contributed by atoms with van der Waals surface area (Å²) in [5, 5.41) is 19.0. The quantitative estimate of drug-likeness (QED) is 0.426. The summed E-state index contributed by atoms with van der Waals surface area (Å²) in [4.78, 5) is 36.2. The third kappa shape index (κ3) is 4.70. The van der Waals surface area contributed by atoms with Crippen molar-refractivity contribution in [3.8, 4) is 11.3 Å². The third-order valence-corrected chi connectivity index (χ3v) is 6.12. The van der Waals surface area contributed by atoms with E-state index in [2.05, 4.69) is 0 Å². The number of hydrogen-bond acceptors (Lipinski definition) is 6. The van der Waals surface area contributed by atoms with E-state index >= 15 is 0 Å². The Labute approximate surface area is 190 Å². The molecule has 1 amide bonds. The number of nitrogens with zero attached hydrogens (tertiary/aromatic N) is 1. The highest BCUT2D eigenvalue weighted by Gasteiger charge is 2.40. The monoisotopic (exact) mass is 485 g/mol. The van der Waals surface area contributed by atoms with Crippen LogP contribution in [0.3, 0.4) is 0 Å². The van der Waals surface area contributed by atoms with E-state index in [9.17, 15) is 19.5 Å².